The molecular weight excluding hydrogens is 285 g/mol. The number of aromatic nitrogens is 1. The van der Waals surface area contributed by atoms with Crippen molar-refractivity contribution in [2.45, 2.75) is 6.92 Å². The topological polar surface area (TPSA) is 108 Å². The highest BCUT2D eigenvalue weighted by molar-refractivity contribution is 5.48. The van der Waals surface area contributed by atoms with Gasteiger partial charge in [-0.2, -0.15) is 0 Å². The second-order valence-corrected chi connectivity index (χ2v) is 4.04. The molecule has 0 fully saturated rings. The Labute approximate surface area is 117 Å². The normalized spacial score (nSPS) is 10.2. The molecule has 0 aliphatic heterocycles. The first kappa shape index (κ1) is 14.3. The van der Waals surface area contributed by atoms with Crippen LogP contribution in [0.2, 0.25) is 0 Å². The molecular formula is C12H8FN3O5. The summed E-state index contributed by atoms with van der Waals surface area (Å²) in [4.78, 5) is 23.8. The second-order valence-electron chi connectivity index (χ2n) is 4.04. The minimum atomic E-state index is -0.795. The van der Waals surface area contributed by atoms with Gasteiger partial charge in [0, 0.05) is 11.6 Å². The van der Waals surface area contributed by atoms with Crippen LogP contribution in [0.4, 0.5) is 15.8 Å². The van der Waals surface area contributed by atoms with Crippen molar-refractivity contribution in [3.05, 3.63) is 62.1 Å². The number of hydrogen-bond acceptors (Lipinski definition) is 6. The van der Waals surface area contributed by atoms with Crippen LogP contribution in [0.3, 0.4) is 0 Å². The average molecular weight is 293 g/mol. The molecule has 2 aromatic rings. The molecule has 0 radical (unpaired) electrons. The fourth-order valence-electron chi connectivity index (χ4n) is 1.60. The lowest BCUT2D eigenvalue weighted by Gasteiger charge is -2.06. The van der Waals surface area contributed by atoms with E-state index in [1.165, 1.54) is 13.0 Å². The van der Waals surface area contributed by atoms with Crippen LogP contribution in [0.15, 0.2) is 30.5 Å². The summed E-state index contributed by atoms with van der Waals surface area (Å²) in [5.74, 6) is -1.04. The number of aryl methyl sites for hydroxylation is 1. The maximum atomic E-state index is 13.0. The lowest BCUT2D eigenvalue weighted by Crippen LogP contribution is -1.97. The van der Waals surface area contributed by atoms with E-state index < -0.39 is 21.4 Å². The zero-order valence-corrected chi connectivity index (χ0v) is 10.6. The highest BCUT2D eigenvalue weighted by Gasteiger charge is 2.19. The molecule has 1 heterocycles. The molecule has 0 amide bonds. The van der Waals surface area contributed by atoms with Gasteiger partial charge in [-0.25, -0.2) is 9.37 Å². The van der Waals surface area contributed by atoms with E-state index in [1.54, 1.807) is 0 Å². The average Bonchev–Trinajstić information content (AvgIpc) is 2.40. The Bertz CT molecular complexity index is 735. The zero-order chi connectivity index (χ0) is 15.6. The molecule has 1 aromatic heterocycles. The van der Waals surface area contributed by atoms with Crippen molar-refractivity contribution in [2.24, 2.45) is 0 Å². The van der Waals surface area contributed by atoms with Gasteiger partial charge in [-0.3, -0.25) is 20.2 Å². The molecule has 21 heavy (non-hydrogen) atoms. The first-order chi connectivity index (χ1) is 9.88. The van der Waals surface area contributed by atoms with Crippen LogP contribution >= 0.6 is 0 Å². The third-order valence-corrected chi connectivity index (χ3v) is 2.59. The molecule has 9 heteroatoms. The van der Waals surface area contributed by atoms with E-state index in [9.17, 15) is 24.6 Å². The van der Waals surface area contributed by atoms with E-state index in [0.717, 1.165) is 18.3 Å². The predicted octanol–water partition coefficient (Wildman–Crippen LogP) is 3.14. The molecule has 2 rings (SSSR count). The zero-order valence-electron chi connectivity index (χ0n) is 10.6. The van der Waals surface area contributed by atoms with Gasteiger partial charge in [-0.15, -0.1) is 0 Å². The molecule has 0 aliphatic rings. The summed E-state index contributed by atoms with van der Waals surface area (Å²) in [7, 11) is 0. The van der Waals surface area contributed by atoms with Crippen LogP contribution in [0.25, 0.3) is 0 Å². The smallest absolute Gasteiger partial charge is 0.314 e. The first-order valence-electron chi connectivity index (χ1n) is 5.61. The number of nitro groups is 2. The molecule has 0 unspecified atom stereocenters. The molecule has 8 nitrogen and oxygen atoms in total. The Morgan fingerprint density at radius 1 is 1.14 bits per heavy atom. The van der Waals surface area contributed by atoms with Gasteiger partial charge in [0.2, 0.25) is 11.6 Å². The highest BCUT2D eigenvalue weighted by Crippen LogP contribution is 2.32. The SMILES string of the molecule is Cc1cc(Oc2ccc(F)cc2[N+](=O)[O-])ncc1[N+](=O)[O-]. The first-order valence-corrected chi connectivity index (χ1v) is 5.61. The minimum absolute atomic E-state index is 0.0622. The minimum Gasteiger partial charge on any atom is -0.432 e. The van der Waals surface area contributed by atoms with Crippen molar-refractivity contribution in [3.63, 3.8) is 0 Å². The Morgan fingerprint density at radius 2 is 1.81 bits per heavy atom. The summed E-state index contributed by atoms with van der Waals surface area (Å²) in [6, 6.07) is 4.07. The molecule has 0 saturated heterocycles. The van der Waals surface area contributed by atoms with Gasteiger partial charge in [0.25, 0.3) is 5.69 Å². The number of rotatable bonds is 4. The number of ether oxygens (including phenoxy) is 1. The van der Waals surface area contributed by atoms with Gasteiger partial charge in [-0.05, 0) is 19.1 Å². The van der Waals surface area contributed by atoms with Gasteiger partial charge in [0.15, 0.2) is 0 Å². The van der Waals surface area contributed by atoms with Crippen LogP contribution in [0.1, 0.15) is 5.56 Å². The van der Waals surface area contributed by atoms with Crippen molar-refractivity contribution in [1.29, 1.82) is 0 Å². The Balaban J connectivity index is 2.37. The fourth-order valence-corrected chi connectivity index (χ4v) is 1.60. The van der Waals surface area contributed by atoms with Crippen LogP contribution < -0.4 is 4.74 Å². The number of pyridine rings is 1. The van der Waals surface area contributed by atoms with Crippen LogP contribution in [0.5, 0.6) is 11.6 Å². The molecule has 0 atom stereocenters. The predicted molar refractivity (Wildman–Crippen MR) is 68.8 cm³/mol. The summed E-state index contributed by atoms with van der Waals surface area (Å²) in [5, 5.41) is 21.5. The summed E-state index contributed by atoms with van der Waals surface area (Å²) in [5.41, 5.74) is -0.474. The third-order valence-electron chi connectivity index (χ3n) is 2.59. The molecule has 1 aromatic carbocycles. The lowest BCUT2D eigenvalue weighted by molar-refractivity contribution is -0.386. The lowest BCUT2D eigenvalue weighted by atomic mass is 10.2. The summed E-state index contributed by atoms with van der Waals surface area (Å²) in [6.45, 7) is 1.48. The van der Waals surface area contributed by atoms with E-state index in [1.807, 2.05) is 0 Å². The molecule has 0 bridgehead atoms. The fraction of sp³-hybridized carbons (Fsp3) is 0.0833. The van der Waals surface area contributed by atoms with Gasteiger partial charge in [0.05, 0.1) is 15.9 Å². The van der Waals surface area contributed by atoms with Crippen LogP contribution in [-0.2, 0) is 0 Å². The molecule has 0 aliphatic carbocycles. The van der Waals surface area contributed by atoms with Gasteiger partial charge < -0.3 is 4.74 Å². The Hall–Kier alpha value is -3.10. The number of halogens is 1. The summed E-state index contributed by atoms with van der Waals surface area (Å²) in [6.07, 6.45) is 0.986. The number of hydrogen-bond donors (Lipinski definition) is 0. The number of benzene rings is 1. The van der Waals surface area contributed by atoms with E-state index in [4.69, 9.17) is 4.74 Å². The third kappa shape index (κ3) is 3.08. The van der Waals surface area contributed by atoms with Gasteiger partial charge in [0.1, 0.15) is 12.0 Å². The standard InChI is InChI=1S/C12H8FN3O5/c1-7-4-12(14-6-10(7)16(19)20)21-11-3-2-8(13)5-9(11)15(17)18/h2-6H,1H3. The number of nitro benzene ring substituents is 1. The molecule has 0 N–H and O–H groups in total. The molecule has 0 saturated carbocycles. The second kappa shape index (κ2) is 5.49. The van der Waals surface area contributed by atoms with Crippen molar-refractivity contribution in [2.75, 3.05) is 0 Å². The van der Waals surface area contributed by atoms with Crippen LogP contribution in [-0.4, -0.2) is 14.8 Å². The number of nitrogens with zero attached hydrogens (tertiary/aromatic N) is 3. The monoisotopic (exact) mass is 293 g/mol. The molecule has 108 valence electrons. The van der Waals surface area contributed by atoms with E-state index in [2.05, 4.69) is 4.98 Å². The van der Waals surface area contributed by atoms with E-state index in [-0.39, 0.29) is 22.9 Å². The quantitative estimate of drug-likeness (QED) is 0.632. The summed E-state index contributed by atoms with van der Waals surface area (Å²) < 4.78 is 18.2. The van der Waals surface area contributed by atoms with Crippen LogP contribution in [0, 0.1) is 33.0 Å². The maximum Gasteiger partial charge on any atom is 0.314 e. The van der Waals surface area contributed by atoms with Crippen molar-refractivity contribution in [3.8, 4) is 11.6 Å². The van der Waals surface area contributed by atoms with Gasteiger partial charge in [-0.1, -0.05) is 0 Å². The Morgan fingerprint density at radius 3 is 2.38 bits per heavy atom. The van der Waals surface area contributed by atoms with E-state index in [0.29, 0.717) is 6.07 Å². The van der Waals surface area contributed by atoms with Crippen molar-refractivity contribution >= 4 is 11.4 Å². The van der Waals surface area contributed by atoms with Gasteiger partial charge >= 0.3 is 5.69 Å². The summed E-state index contributed by atoms with van der Waals surface area (Å²) >= 11 is 0. The largest absolute Gasteiger partial charge is 0.432 e. The molecule has 0 spiro atoms. The highest BCUT2D eigenvalue weighted by atomic mass is 19.1. The maximum absolute atomic E-state index is 13.0. The van der Waals surface area contributed by atoms with Crippen molar-refractivity contribution < 1.29 is 19.0 Å². The Kier molecular flexibility index (Phi) is 3.74. The van der Waals surface area contributed by atoms with Crippen molar-refractivity contribution in [1.82, 2.24) is 4.98 Å². The van der Waals surface area contributed by atoms with E-state index >= 15 is 0 Å².